The van der Waals surface area contributed by atoms with E-state index in [0.717, 1.165) is 42.3 Å². The maximum atomic E-state index is 13.3. The summed E-state index contributed by atoms with van der Waals surface area (Å²) in [6, 6.07) is 4.09. The molecule has 5 nitrogen and oxygen atoms in total. The van der Waals surface area contributed by atoms with Gasteiger partial charge in [-0.2, -0.15) is 0 Å². The van der Waals surface area contributed by atoms with Crippen molar-refractivity contribution in [3.63, 3.8) is 0 Å². The summed E-state index contributed by atoms with van der Waals surface area (Å²) < 4.78 is 5.39. The number of aliphatic carboxylic acids is 1. The highest BCUT2D eigenvalue weighted by atomic mass is 16.5. The van der Waals surface area contributed by atoms with E-state index in [1.165, 1.54) is 19.3 Å². The molecule has 1 aromatic rings. The van der Waals surface area contributed by atoms with Crippen molar-refractivity contribution in [3.8, 4) is 5.75 Å². The third-order valence-electron chi connectivity index (χ3n) is 6.41. The number of carbonyl (C=O) groups is 2. The van der Waals surface area contributed by atoms with Crippen molar-refractivity contribution in [1.29, 1.82) is 0 Å². The zero-order valence-electron chi connectivity index (χ0n) is 15.5. The Morgan fingerprint density at radius 3 is 2.19 bits per heavy atom. The van der Waals surface area contributed by atoms with Crippen molar-refractivity contribution in [2.24, 2.45) is 17.8 Å². The van der Waals surface area contributed by atoms with Crippen LogP contribution in [0.25, 0.3) is 0 Å². The predicted molar refractivity (Wildman–Crippen MR) is 97.4 cm³/mol. The van der Waals surface area contributed by atoms with E-state index in [1.807, 2.05) is 26.0 Å². The monoisotopic (exact) mass is 357 g/mol. The van der Waals surface area contributed by atoms with Gasteiger partial charge >= 0.3 is 5.97 Å². The third kappa shape index (κ3) is 3.19. The lowest BCUT2D eigenvalue weighted by atomic mass is 9.68. The van der Waals surface area contributed by atoms with E-state index in [4.69, 9.17) is 9.84 Å². The number of fused-ring (bicyclic) bond motifs is 1. The third-order valence-corrected chi connectivity index (χ3v) is 6.41. The molecule has 2 saturated carbocycles. The van der Waals surface area contributed by atoms with Crippen LogP contribution in [0.3, 0.4) is 0 Å². The first-order valence-electron chi connectivity index (χ1n) is 9.67. The molecule has 2 unspecified atom stereocenters. The Labute approximate surface area is 154 Å². The number of amides is 1. The average molecular weight is 357 g/mol. The van der Waals surface area contributed by atoms with Crippen LogP contribution in [0.1, 0.15) is 53.6 Å². The number of ether oxygens (including phenoxy) is 1. The largest absolute Gasteiger partial charge is 0.481 e. The van der Waals surface area contributed by atoms with E-state index in [-0.39, 0.29) is 12.5 Å². The predicted octanol–water partition coefficient (Wildman–Crippen LogP) is 3.42. The SMILES string of the molecule is Cc1cc(C(=O)N2CC3CC4CC(C3)CC2C4)cc(C)c1OCC(=O)O. The lowest BCUT2D eigenvalue weighted by molar-refractivity contribution is -0.139. The molecule has 5 heteroatoms. The highest BCUT2D eigenvalue weighted by Crippen LogP contribution is 2.47. The topological polar surface area (TPSA) is 66.8 Å². The van der Waals surface area contributed by atoms with E-state index in [1.54, 1.807) is 0 Å². The summed E-state index contributed by atoms with van der Waals surface area (Å²) in [7, 11) is 0. The molecule has 1 aromatic carbocycles. The highest BCUT2D eigenvalue weighted by Gasteiger charge is 2.44. The average Bonchev–Trinajstić information content (AvgIpc) is 2.76. The summed E-state index contributed by atoms with van der Waals surface area (Å²) in [5, 5.41) is 8.82. The van der Waals surface area contributed by atoms with Gasteiger partial charge in [-0.15, -0.1) is 0 Å². The molecule has 1 amide bonds. The summed E-state index contributed by atoms with van der Waals surface area (Å²) in [6.45, 7) is 4.27. The van der Waals surface area contributed by atoms with Gasteiger partial charge in [0.15, 0.2) is 6.61 Å². The van der Waals surface area contributed by atoms with E-state index >= 15 is 0 Å². The second kappa shape index (κ2) is 6.60. The van der Waals surface area contributed by atoms with E-state index in [0.29, 0.717) is 23.3 Å². The fourth-order valence-electron chi connectivity index (χ4n) is 5.63. The molecular formula is C21H27NO4. The number of rotatable bonds is 4. The molecule has 5 rings (SSSR count). The Morgan fingerprint density at radius 1 is 1.04 bits per heavy atom. The molecule has 2 saturated heterocycles. The van der Waals surface area contributed by atoms with Crippen LogP contribution in [-0.4, -0.2) is 41.1 Å². The van der Waals surface area contributed by atoms with E-state index in [2.05, 4.69) is 4.90 Å². The minimum Gasteiger partial charge on any atom is -0.481 e. The highest BCUT2D eigenvalue weighted by molar-refractivity contribution is 5.95. The summed E-state index contributed by atoms with van der Waals surface area (Å²) in [5.74, 6) is 1.98. The lowest BCUT2D eigenvalue weighted by Crippen LogP contribution is -2.42. The molecule has 0 aromatic heterocycles. The van der Waals surface area contributed by atoms with Crippen molar-refractivity contribution in [3.05, 3.63) is 28.8 Å². The van der Waals surface area contributed by atoms with Crippen LogP contribution in [0.5, 0.6) is 5.75 Å². The van der Waals surface area contributed by atoms with Crippen LogP contribution < -0.4 is 4.74 Å². The molecular weight excluding hydrogens is 330 g/mol. The van der Waals surface area contributed by atoms with Gasteiger partial charge in [-0.3, -0.25) is 4.79 Å². The molecule has 140 valence electrons. The molecule has 4 bridgehead atoms. The first-order valence-corrected chi connectivity index (χ1v) is 9.67. The summed E-state index contributed by atoms with van der Waals surface area (Å²) in [6.07, 6.45) is 6.27. The normalized spacial score (nSPS) is 29.5. The summed E-state index contributed by atoms with van der Waals surface area (Å²) in [4.78, 5) is 26.2. The second-order valence-electron chi connectivity index (χ2n) is 8.51. The number of carbonyl (C=O) groups excluding carboxylic acids is 1. The second-order valence-corrected chi connectivity index (χ2v) is 8.51. The Bertz CT molecular complexity index is 707. The first-order chi connectivity index (χ1) is 12.4. The number of nitrogens with zero attached hydrogens (tertiary/aromatic N) is 1. The van der Waals surface area contributed by atoms with Gasteiger partial charge in [0, 0.05) is 18.2 Å². The minimum atomic E-state index is -1.00. The molecule has 2 aliphatic heterocycles. The zero-order valence-corrected chi connectivity index (χ0v) is 15.5. The lowest BCUT2D eigenvalue weighted by Gasteiger charge is -2.39. The molecule has 4 fully saturated rings. The molecule has 1 N–H and O–H groups in total. The Balaban J connectivity index is 1.57. The van der Waals surface area contributed by atoms with Crippen molar-refractivity contribution in [2.75, 3.05) is 13.2 Å². The van der Waals surface area contributed by atoms with Gasteiger partial charge in [-0.05, 0) is 87.0 Å². The number of carboxylic acid groups (broad SMARTS) is 1. The summed E-state index contributed by atoms with van der Waals surface area (Å²) >= 11 is 0. The van der Waals surface area contributed by atoms with Crippen molar-refractivity contribution in [2.45, 2.75) is 52.0 Å². The van der Waals surface area contributed by atoms with Crippen LogP contribution in [0.15, 0.2) is 12.1 Å². The van der Waals surface area contributed by atoms with Gasteiger partial charge in [0.25, 0.3) is 5.91 Å². The van der Waals surface area contributed by atoms with Crippen molar-refractivity contribution >= 4 is 11.9 Å². The van der Waals surface area contributed by atoms with Gasteiger partial charge < -0.3 is 14.7 Å². The molecule has 2 aliphatic carbocycles. The number of hydrogen-bond acceptors (Lipinski definition) is 3. The number of carboxylic acids is 1. The molecule has 2 atom stereocenters. The fraction of sp³-hybridized carbons (Fsp3) is 0.619. The van der Waals surface area contributed by atoms with Gasteiger partial charge in [0.2, 0.25) is 0 Å². The Morgan fingerprint density at radius 2 is 1.62 bits per heavy atom. The van der Waals surface area contributed by atoms with Crippen LogP contribution >= 0.6 is 0 Å². The van der Waals surface area contributed by atoms with Gasteiger partial charge in [-0.1, -0.05) is 0 Å². The van der Waals surface area contributed by atoms with Gasteiger partial charge in [-0.25, -0.2) is 4.79 Å². The van der Waals surface area contributed by atoms with Crippen LogP contribution in [0.2, 0.25) is 0 Å². The van der Waals surface area contributed by atoms with Crippen LogP contribution in [-0.2, 0) is 4.79 Å². The minimum absolute atomic E-state index is 0.124. The Hall–Kier alpha value is -2.04. The maximum Gasteiger partial charge on any atom is 0.341 e. The van der Waals surface area contributed by atoms with E-state index < -0.39 is 5.97 Å². The maximum absolute atomic E-state index is 13.3. The van der Waals surface area contributed by atoms with Gasteiger partial charge in [0.05, 0.1) is 0 Å². The number of hydrogen-bond donors (Lipinski definition) is 1. The Kier molecular flexibility index (Phi) is 4.41. The fourth-order valence-corrected chi connectivity index (χ4v) is 5.63. The number of aryl methyl sites for hydroxylation is 2. The molecule has 4 aliphatic rings. The van der Waals surface area contributed by atoms with Crippen LogP contribution in [0.4, 0.5) is 0 Å². The molecule has 0 spiro atoms. The molecule has 2 heterocycles. The zero-order chi connectivity index (χ0) is 18.4. The number of benzene rings is 1. The molecule has 0 radical (unpaired) electrons. The molecule has 26 heavy (non-hydrogen) atoms. The smallest absolute Gasteiger partial charge is 0.341 e. The van der Waals surface area contributed by atoms with Crippen molar-refractivity contribution < 1.29 is 19.4 Å². The first kappa shape index (κ1) is 17.4. The standard InChI is InChI=1S/C21H27NO4/c1-12-3-17(4-13(2)20(12)26-11-19(23)24)21(25)22-10-16-6-14-5-15(7-16)9-18(22)8-14/h3-4,14-16,18H,5-11H2,1-2H3,(H,23,24). The van der Waals surface area contributed by atoms with Crippen molar-refractivity contribution in [1.82, 2.24) is 4.90 Å². The summed E-state index contributed by atoms with van der Waals surface area (Å²) in [5.41, 5.74) is 2.33. The van der Waals surface area contributed by atoms with Gasteiger partial charge in [0.1, 0.15) is 5.75 Å². The van der Waals surface area contributed by atoms with E-state index in [9.17, 15) is 9.59 Å². The van der Waals surface area contributed by atoms with Crippen LogP contribution in [0, 0.1) is 31.6 Å². The quantitative estimate of drug-likeness (QED) is 0.897.